The maximum absolute atomic E-state index is 13.2. The average Bonchev–Trinajstić information content (AvgIpc) is 2.32. The first-order valence-corrected chi connectivity index (χ1v) is 4.73. The summed E-state index contributed by atoms with van der Waals surface area (Å²) in [5.41, 5.74) is 0.184. The molecule has 0 aliphatic heterocycles. The standard InChI is InChI=1S/C12H9F2NO/c13-11-5-1-3-9(12(11)14)8-16-10-4-2-6-15-7-10/h1-7H,8H2. The Labute approximate surface area is 91.5 Å². The van der Waals surface area contributed by atoms with Crippen LogP contribution >= 0.6 is 0 Å². The van der Waals surface area contributed by atoms with Gasteiger partial charge in [0.25, 0.3) is 0 Å². The van der Waals surface area contributed by atoms with Gasteiger partial charge in [0.15, 0.2) is 11.6 Å². The average molecular weight is 221 g/mol. The Balaban J connectivity index is 2.08. The number of benzene rings is 1. The zero-order valence-electron chi connectivity index (χ0n) is 8.36. The number of pyridine rings is 1. The summed E-state index contributed by atoms with van der Waals surface area (Å²) in [6.07, 6.45) is 3.12. The van der Waals surface area contributed by atoms with Gasteiger partial charge in [0.1, 0.15) is 12.4 Å². The quantitative estimate of drug-likeness (QED) is 0.795. The molecule has 82 valence electrons. The van der Waals surface area contributed by atoms with Crippen molar-refractivity contribution in [2.75, 3.05) is 0 Å². The van der Waals surface area contributed by atoms with Gasteiger partial charge in [-0.3, -0.25) is 4.98 Å². The highest BCUT2D eigenvalue weighted by atomic mass is 19.2. The van der Waals surface area contributed by atoms with Crippen molar-refractivity contribution in [3.63, 3.8) is 0 Å². The van der Waals surface area contributed by atoms with E-state index >= 15 is 0 Å². The van der Waals surface area contributed by atoms with Gasteiger partial charge >= 0.3 is 0 Å². The van der Waals surface area contributed by atoms with Crippen LogP contribution in [-0.4, -0.2) is 4.98 Å². The molecule has 0 amide bonds. The lowest BCUT2D eigenvalue weighted by atomic mass is 10.2. The Morgan fingerprint density at radius 2 is 2.00 bits per heavy atom. The van der Waals surface area contributed by atoms with E-state index in [0.717, 1.165) is 6.07 Å². The molecule has 0 spiro atoms. The summed E-state index contributed by atoms with van der Waals surface area (Å²) in [5.74, 6) is -1.22. The third kappa shape index (κ3) is 2.34. The molecular weight excluding hydrogens is 212 g/mol. The zero-order valence-corrected chi connectivity index (χ0v) is 8.36. The van der Waals surface area contributed by atoms with E-state index in [1.165, 1.54) is 18.3 Å². The summed E-state index contributed by atoms with van der Waals surface area (Å²) < 4.78 is 31.4. The molecule has 4 heteroatoms. The molecular formula is C12H9F2NO. The summed E-state index contributed by atoms with van der Waals surface area (Å²) in [5, 5.41) is 0. The van der Waals surface area contributed by atoms with E-state index in [1.807, 2.05) is 0 Å². The first kappa shape index (κ1) is 10.5. The Morgan fingerprint density at radius 3 is 2.75 bits per heavy atom. The first-order chi connectivity index (χ1) is 7.77. The number of hydrogen-bond donors (Lipinski definition) is 0. The van der Waals surface area contributed by atoms with Crippen LogP contribution in [0.1, 0.15) is 5.56 Å². The summed E-state index contributed by atoms with van der Waals surface area (Å²) in [6, 6.07) is 7.40. The summed E-state index contributed by atoms with van der Waals surface area (Å²) in [4.78, 5) is 3.84. The maximum Gasteiger partial charge on any atom is 0.165 e. The van der Waals surface area contributed by atoms with Crippen molar-refractivity contribution in [2.24, 2.45) is 0 Å². The minimum Gasteiger partial charge on any atom is -0.487 e. The molecule has 2 aromatic rings. The molecule has 1 heterocycles. The van der Waals surface area contributed by atoms with Crippen LogP contribution in [0.3, 0.4) is 0 Å². The summed E-state index contributed by atoms with van der Waals surface area (Å²) in [6.45, 7) is -0.0186. The number of nitrogens with zero attached hydrogens (tertiary/aromatic N) is 1. The molecule has 0 N–H and O–H groups in total. The van der Waals surface area contributed by atoms with Gasteiger partial charge in [0, 0.05) is 11.8 Å². The Hall–Kier alpha value is -1.97. The predicted molar refractivity (Wildman–Crippen MR) is 54.9 cm³/mol. The highest BCUT2D eigenvalue weighted by Gasteiger charge is 2.07. The molecule has 0 saturated heterocycles. The highest BCUT2D eigenvalue weighted by molar-refractivity contribution is 5.20. The van der Waals surface area contributed by atoms with Crippen molar-refractivity contribution in [3.05, 3.63) is 59.9 Å². The third-order valence-electron chi connectivity index (χ3n) is 2.06. The summed E-state index contributed by atoms with van der Waals surface area (Å²) >= 11 is 0. The van der Waals surface area contributed by atoms with Gasteiger partial charge in [-0.2, -0.15) is 0 Å². The monoisotopic (exact) mass is 221 g/mol. The molecule has 0 saturated carbocycles. The molecule has 0 aliphatic rings. The van der Waals surface area contributed by atoms with Crippen LogP contribution in [0.4, 0.5) is 8.78 Å². The lowest BCUT2D eigenvalue weighted by Crippen LogP contribution is -2.00. The molecule has 0 bridgehead atoms. The topological polar surface area (TPSA) is 22.1 Å². The fourth-order valence-corrected chi connectivity index (χ4v) is 1.25. The fourth-order valence-electron chi connectivity index (χ4n) is 1.25. The maximum atomic E-state index is 13.2. The second-order valence-electron chi connectivity index (χ2n) is 3.19. The molecule has 1 aromatic carbocycles. The first-order valence-electron chi connectivity index (χ1n) is 4.73. The largest absolute Gasteiger partial charge is 0.487 e. The van der Waals surface area contributed by atoms with Gasteiger partial charge in [-0.1, -0.05) is 12.1 Å². The molecule has 0 unspecified atom stereocenters. The van der Waals surface area contributed by atoms with Crippen LogP contribution in [0.25, 0.3) is 0 Å². The van der Waals surface area contributed by atoms with Crippen LogP contribution in [0.2, 0.25) is 0 Å². The van der Waals surface area contributed by atoms with E-state index in [9.17, 15) is 8.78 Å². The van der Waals surface area contributed by atoms with E-state index in [4.69, 9.17) is 4.74 Å². The van der Waals surface area contributed by atoms with E-state index in [0.29, 0.717) is 5.75 Å². The van der Waals surface area contributed by atoms with E-state index in [1.54, 1.807) is 18.3 Å². The molecule has 1 aromatic heterocycles. The van der Waals surface area contributed by atoms with Gasteiger partial charge < -0.3 is 4.74 Å². The van der Waals surface area contributed by atoms with Crippen LogP contribution in [0.15, 0.2) is 42.7 Å². The van der Waals surface area contributed by atoms with Gasteiger partial charge in [0.05, 0.1) is 6.20 Å². The molecule has 2 rings (SSSR count). The van der Waals surface area contributed by atoms with Gasteiger partial charge in [-0.15, -0.1) is 0 Å². The number of hydrogen-bond acceptors (Lipinski definition) is 2. The fraction of sp³-hybridized carbons (Fsp3) is 0.0833. The zero-order chi connectivity index (χ0) is 11.4. The molecule has 0 aliphatic carbocycles. The lowest BCUT2D eigenvalue weighted by molar-refractivity contribution is 0.296. The van der Waals surface area contributed by atoms with Gasteiger partial charge in [0.2, 0.25) is 0 Å². The van der Waals surface area contributed by atoms with Gasteiger partial charge in [-0.05, 0) is 18.2 Å². The van der Waals surface area contributed by atoms with Gasteiger partial charge in [-0.25, -0.2) is 8.78 Å². The molecule has 2 nitrogen and oxygen atoms in total. The van der Waals surface area contributed by atoms with Crippen LogP contribution in [0.5, 0.6) is 5.75 Å². The van der Waals surface area contributed by atoms with E-state index in [-0.39, 0.29) is 12.2 Å². The minimum absolute atomic E-state index is 0.0186. The minimum atomic E-state index is -0.869. The van der Waals surface area contributed by atoms with Crippen molar-refractivity contribution < 1.29 is 13.5 Å². The Bertz CT molecular complexity index is 474. The SMILES string of the molecule is Fc1cccc(COc2cccnc2)c1F. The number of halogens is 2. The van der Waals surface area contributed by atoms with Crippen molar-refractivity contribution in [3.8, 4) is 5.75 Å². The molecule has 0 radical (unpaired) electrons. The van der Waals surface area contributed by atoms with Crippen molar-refractivity contribution >= 4 is 0 Å². The predicted octanol–water partition coefficient (Wildman–Crippen LogP) is 2.94. The Kier molecular flexibility index (Phi) is 3.10. The normalized spacial score (nSPS) is 10.1. The van der Waals surface area contributed by atoms with Crippen LogP contribution < -0.4 is 4.74 Å². The van der Waals surface area contributed by atoms with Crippen molar-refractivity contribution in [1.29, 1.82) is 0 Å². The number of ether oxygens (including phenoxy) is 1. The van der Waals surface area contributed by atoms with Crippen molar-refractivity contribution in [1.82, 2.24) is 4.98 Å². The second kappa shape index (κ2) is 4.70. The summed E-state index contributed by atoms with van der Waals surface area (Å²) in [7, 11) is 0. The van der Waals surface area contributed by atoms with Crippen LogP contribution in [0, 0.1) is 11.6 Å². The van der Waals surface area contributed by atoms with E-state index < -0.39 is 11.6 Å². The third-order valence-corrected chi connectivity index (χ3v) is 2.06. The Morgan fingerprint density at radius 1 is 1.12 bits per heavy atom. The lowest BCUT2D eigenvalue weighted by Gasteiger charge is -2.06. The van der Waals surface area contributed by atoms with Crippen molar-refractivity contribution in [2.45, 2.75) is 6.61 Å². The highest BCUT2D eigenvalue weighted by Crippen LogP contribution is 2.14. The molecule has 0 atom stereocenters. The smallest absolute Gasteiger partial charge is 0.165 e. The number of aromatic nitrogens is 1. The molecule has 0 fully saturated rings. The molecule has 16 heavy (non-hydrogen) atoms. The van der Waals surface area contributed by atoms with Crippen LogP contribution in [-0.2, 0) is 6.61 Å². The number of rotatable bonds is 3. The second-order valence-corrected chi connectivity index (χ2v) is 3.19. The van der Waals surface area contributed by atoms with E-state index in [2.05, 4.69) is 4.98 Å².